The van der Waals surface area contributed by atoms with Gasteiger partial charge in [-0.15, -0.1) is 0 Å². The van der Waals surface area contributed by atoms with E-state index in [0.29, 0.717) is 0 Å². The molecule has 1 saturated heterocycles. The molecule has 0 radical (unpaired) electrons. The van der Waals surface area contributed by atoms with Crippen LogP contribution in [0.5, 0.6) is 5.75 Å². The smallest absolute Gasteiger partial charge is 0.118 e. The number of ether oxygens (including phenoxy) is 1. The van der Waals surface area contributed by atoms with Gasteiger partial charge in [0.05, 0.1) is 18.2 Å². The van der Waals surface area contributed by atoms with Crippen LogP contribution in [0.1, 0.15) is 16.7 Å². The van der Waals surface area contributed by atoms with Crippen LogP contribution in [-0.4, -0.2) is 54.0 Å². The van der Waals surface area contributed by atoms with E-state index in [1.54, 1.807) is 7.11 Å². The van der Waals surface area contributed by atoms with E-state index in [4.69, 9.17) is 4.74 Å². The molecule has 1 aliphatic heterocycles. The van der Waals surface area contributed by atoms with Crippen LogP contribution in [-0.2, 0) is 13.0 Å². The fraction of sp³-hybridized carbons (Fsp3) is 0.348. The highest BCUT2D eigenvalue weighted by Gasteiger charge is 2.19. The molecule has 1 aliphatic rings. The maximum Gasteiger partial charge on any atom is 0.118 e. The molecule has 3 heterocycles. The zero-order valence-electron chi connectivity index (χ0n) is 16.3. The summed E-state index contributed by atoms with van der Waals surface area (Å²) in [6, 6.07) is 16.8. The Labute approximate surface area is 166 Å². The second-order valence-corrected chi connectivity index (χ2v) is 7.35. The van der Waals surface area contributed by atoms with Crippen molar-refractivity contribution >= 4 is 5.52 Å². The second-order valence-electron chi connectivity index (χ2n) is 7.35. The molecule has 144 valence electrons. The number of benzene rings is 1. The molecule has 0 amide bonds. The Bertz CT molecular complexity index is 962. The number of piperazine rings is 1. The van der Waals surface area contributed by atoms with E-state index >= 15 is 0 Å². The van der Waals surface area contributed by atoms with E-state index in [0.717, 1.165) is 68.1 Å². The minimum absolute atomic E-state index is 0.808. The third-order valence-electron chi connectivity index (χ3n) is 5.61. The Kier molecular flexibility index (Phi) is 5.61. The molecule has 0 unspecified atom stereocenters. The van der Waals surface area contributed by atoms with Crippen molar-refractivity contribution < 1.29 is 4.74 Å². The monoisotopic (exact) mass is 374 g/mol. The number of rotatable bonds is 6. The van der Waals surface area contributed by atoms with Crippen LogP contribution in [0.2, 0.25) is 0 Å². The van der Waals surface area contributed by atoms with Gasteiger partial charge in [0.1, 0.15) is 11.8 Å². The molecular weight excluding hydrogens is 348 g/mol. The molecule has 28 heavy (non-hydrogen) atoms. The van der Waals surface area contributed by atoms with Gasteiger partial charge in [-0.3, -0.25) is 4.90 Å². The molecule has 0 aliphatic carbocycles. The lowest BCUT2D eigenvalue weighted by Crippen LogP contribution is -2.46. The lowest BCUT2D eigenvalue weighted by atomic mass is 10.1. The van der Waals surface area contributed by atoms with E-state index in [1.165, 1.54) is 5.56 Å². The van der Waals surface area contributed by atoms with Crippen LogP contribution in [0.15, 0.2) is 54.9 Å². The van der Waals surface area contributed by atoms with E-state index in [-0.39, 0.29) is 0 Å². The standard InChI is InChI=1S/C23H26N4O/c1-28-21-7-5-19(6-8-21)9-11-25-12-14-26(15-13-25)17-20-18-27-10-3-2-4-23(27)22(20)16-24/h2-8,10,18H,9,11-15,17H2,1H3. The minimum Gasteiger partial charge on any atom is -0.497 e. The molecule has 0 spiro atoms. The van der Waals surface area contributed by atoms with Crippen molar-refractivity contribution in [1.29, 1.82) is 5.26 Å². The molecule has 0 saturated carbocycles. The number of pyridine rings is 1. The van der Waals surface area contributed by atoms with E-state index in [2.05, 4.69) is 38.6 Å². The van der Waals surface area contributed by atoms with Gasteiger partial charge in [0.25, 0.3) is 0 Å². The van der Waals surface area contributed by atoms with Gasteiger partial charge in [-0.25, -0.2) is 0 Å². The lowest BCUT2D eigenvalue weighted by Gasteiger charge is -2.34. The van der Waals surface area contributed by atoms with Crippen molar-refractivity contribution in [2.24, 2.45) is 0 Å². The zero-order valence-corrected chi connectivity index (χ0v) is 16.3. The fourth-order valence-electron chi connectivity index (χ4n) is 3.92. The van der Waals surface area contributed by atoms with Gasteiger partial charge >= 0.3 is 0 Å². The van der Waals surface area contributed by atoms with Crippen molar-refractivity contribution in [3.63, 3.8) is 0 Å². The first-order valence-electron chi connectivity index (χ1n) is 9.83. The van der Waals surface area contributed by atoms with E-state index in [9.17, 15) is 5.26 Å². The molecule has 5 heteroatoms. The maximum absolute atomic E-state index is 9.59. The first kappa shape index (κ1) is 18.5. The highest BCUT2D eigenvalue weighted by molar-refractivity contribution is 5.65. The molecule has 1 aromatic carbocycles. The van der Waals surface area contributed by atoms with E-state index in [1.807, 2.05) is 36.5 Å². The SMILES string of the molecule is COc1ccc(CCN2CCN(Cc3cn4ccccc4c3C#N)CC2)cc1. The number of hydrogen-bond acceptors (Lipinski definition) is 4. The summed E-state index contributed by atoms with van der Waals surface area (Å²) in [5, 5.41) is 9.59. The first-order chi connectivity index (χ1) is 13.8. The molecule has 3 aromatic rings. The van der Waals surface area contributed by atoms with Crippen LogP contribution in [0.4, 0.5) is 0 Å². The minimum atomic E-state index is 0.808. The Hall–Kier alpha value is -2.81. The number of nitrogens with zero attached hydrogens (tertiary/aromatic N) is 4. The summed E-state index contributed by atoms with van der Waals surface area (Å²) in [6.07, 6.45) is 5.17. The quantitative estimate of drug-likeness (QED) is 0.665. The number of fused-ring (bicyclic) bond motifs is 1. The van der Waals surface area contributed by atoms with Gasteiger partial charge in [0, 0.05) is 57.2 Å². The highest BCUT2D eigenvalue weighted by atomic mass is 16.5. The third-order valence-corrected chi connectivity index (χ3v) is 5.61. The summed E-state index contributed by atoms with van der Waals surface area (Å²) in [5.41, 5.74) is 4.28. The molecular formula is C23H26N4O. The van der Waals surface area contributed by atoms with Gasteiger partial charge in [0.15, 0.2) is 0 Å². The van der Waals surface area contributed by atoms with Crippen molar-refractivity contribution in [3.8, 4) is 11.8 Å². The largest absolute Gasteiger partial charge is 0.497 e. The predicted octanol–water partition coefficient (Wildman–Crippen LogP) is 3.18. The van der Waals surface area contributed by atoms with Gasteiger partial charge in [-0.05, 0) is 36.2 Å². The summed E-state index contributed by atoms with van der Waals surface area (Å²) in [6.45, 7) is 6.16. The van der Waals surface area contributed by atoms with Crippen LogP contribution in [0, 0.1) is 11.3 Å². The van der Waals surface area contributed by atoms with Crippen LogP contribution < -0.4 is 4.74 Å². The predicted molar refractivity (Wildman–Crippen MR) is 111 cm³/mol. The van der Waals surface area contributed by atoms with Gasteiger partial charge in [-0.2, -0.15) is 5.26 Å². The van der Waals surface area contributed by atoms with Crippen molar-refractivity contribution in [2.75, 3.05) is 39.8 Å². The van der Waals surface area contributed by atoms with E-state index < -0.39 is 0 Å². The molecule has 0 N–H and O–H groups in total. The number of nitriles is 1. The Morgan fingerprint density at radius 2 is 1.75 bits per heavy atom. The maximum atomic E-state index is 9.59. The molecule has 1 fully saturated rings. The number of hydrogen-bond donors (Lipinski definition) is 0. The normalized spacial score (nSPS) is 15.6. The molecule has 4 rings (SSSR count). The number of methoxy groups -OCH3 is 1. The Balaban J connectivity index is 1.30. The summed E-state index contributed by atoms with van der Waals surface area (Å²) >= 11 is 0. The number of aromatic nitrogens is 1. The van der Waals surface area contributed by atoms with Crippen LogP contribution in [0.25, 0.3) is 5.52 Å². The average molecular weight is 374 g/mol. The van der Waals surface area contributed by atoms with Crippen LogP contribution >= 0.6 is 0 Å². The van der Waals surface area contributed by atoms with Crippen molar-refractivity contribution in [1.82, 2.24) is 14.2 Å². The molecule has 0 bridgehead atoms. The van der Waals surface area contributed by atoms with Crippen molar-refractivity contribution in [3.05, 3.63) is 71.5 Å². The fourth-order valence-corrected chi connectivity index (χ4v) is 3.92. The highest BCUT2D eigenvalue weighted by Crippen LogP contribution is 2.20. The van der Waals surface area contributed by atoms with Gasteiger partial charge < -0.3 is 14.0 Å². The van der Waals surface area contributed by atoms with Crippen molar-refractivity contribution in [2.45, 2.75) is 13.0 Å². The van der Waals surface area contributed by atoms with Crippen LogP contribution in [0.3, 0.4) is 0 Å². The summed E-state index contributed by atoms with van der Waals surface area (Å²) in [4.78, 5) is 4.99. The Morgan fingerprint density at radius 1 is 1.00 bits per heavy atom. The topological polar surface area (TPSA) is 43.9 Å². The molecule has 2 aromatic heterocycles. The average Bonchev–Trinajstić information content (AvgIpc) is 3.10. The Morgan fingerprint density at radius 3 is 2.46 bits per heavy atom. The lowest BCUT2D eigenvalue weighted by molar-refractivity contribution is 0.128. The summed E-state index contributed by atoms with van der Waals surface area (Å²) in [7, 11) is 1.70. The first-order valence-corrected chi connectivity index (χ1v) is 9.83. The summed E-state index contributed by atoms with van der Waals surface area (Å²) in [5.74, 6) is 0.910. The zero-order chi connectivity index (χ0) is 19.3. The second kappa shape index (κ2) is 8.47. The summed E-state index contributed by atoms with van der Waals surface area (Å²) < 4.78 is 7.28. The molecule has 0 atom stereocenters. The van der Waals surface area contributed by atoms with Gasteiger partial charge in [0.2, 0.25) is 0 Å². The third kappa shape index (κ3) is 4.04. The van der Waals surface area contributed by atoms with Gasteiger partial charge in [-0.1, -0.05) is 18.2 Å². The molecule has 5 nitrogen and oxygen atoms in total.